The summed E-state index contributed by atoms with van der Waals surface area (Å²) in [6.07, 6.45) is 1.24. The van der Waals surface area contributed by atoms with Gasteiger partial charge in [-0.05, 0) is 24.5 Å². The molecule has 0 saturated heterocycles. The highest BCUT2D eigenvalue weighted by Gasteiger charge is 2.19. The van der Waals surface area contributed by atoms with Crippen LogP contribution >= 0.6 is 0 Å². The van der Waals surface area contributed by atoms with Gasteiger partial charge in [0.1, 0.15) is 0 Å². The Hall–Kier alpha value is -1.67. The zero-order valence-corrected chi connectivity index (χ0v) is 12.9. The molecule has 7 nitrogen and oxygen atoms in total. The maximum absolute atomic E-state index is 11.1. The average Bonchev–Trinajstić information content (AvgIpc) is 2.41. The molecule has 1 atom stereocenters. The number of benzene rings is 1. The van der Waals surface area contributed by atoms with E-state index in [1.54, 1.807) is 12.1 Å². The molecule has 1 unspecified atom stereocenters. The molecule has 0 heterocycles. The summed E-state index contributed by atoms with van der Waals surface area (Å²) in [5, 5.41) is 16.0. The first-order valence-electron chi connectivity index (χ1n) is 6.67. The van der Waals surface area contributed by atoms with E-state index in [1.807, 2.05) is 13.8 Å². The summed E-state index contributed by atoms with van der Waals surface area (Å²) in [7, 11) is -3.59. The van der Waals surface area contributed by atoms with Gasteiger partial charge >= 0.3 is 5.69 Å². The van der Waals surface area contributed by atoms with Crippen molar-refractivity contribution in [2.75, 3.05) is 12.4 Å². The Labute approximate surface area is 124 Å². The number of ether oxygens (including phenoxy) is 1. The lowest BCUT2D eigenvalue weighted by molar-refractivity contribution is -0.386. The van der Waals surface area contributed by atoms with Crippen molar-refractivity contribution in [1.82, 2.24) is 0 Å². The molecular formula is C13H20N2O5S. The molecule has 1 rings (SSSR count). The second-order valence-electron chi connectivity index (χ2n) is 4.83. The molecule has 0 saturated carbocycles. The van der Waals surface area contributed by atoms with Crippen molar-refractivity contribution >= 4 is 15.7 Å². The first-order valence-corrected chi connectivity index (χ1v) is 8.39. The fourth-order valence-corrected chi connectivity index (χ4v) is 2.86. The molecule has 1 aromatic rings. The van der Waals surface area contributed by atoms with Gasteiger partial charge in [0.2, 0.25) is 10.0 Å². The van der Waals surface area contributed by atoms with Crippen LogP contribution in [-0.2, 0) is 16.4 Å². The minimum Gasteiger partial charge on any atom is -0.486 e. The van der Waals surface area contributed by atoms with Gasteiger partial charge in [-0.1, -0.05) is 19.9 Å². The van der Waals surface area contributed by atoms with Gasteiger partial charge in [0.25, 0.3) is 0 Å². The van der Waals surface area contributed by atoms with E-state index in [9.17, 15) is 18.5 Å². The summed E-state index contributed by atoms with van der Waals surface area (Å²) in [6, 6.07) is 4.76. The van der Waals surface area contributed by atoms with Gasteiger partial charge in [0, 0.05) is 12.0 Å². The van der Waals surface area contributed by atoms with E-state index in [1.165, 1.54) is 6.07 Å². The van der Waals surface area contributed by atoms with Crippen LogP contribution in [0.3, 0.4) is 0 Å². The first-order chi connectivity index (χ1) is 9.76. The van der Waals surface area contributed by atoms with Crippen LogP contribution in [0.1, 0.15) is 25.8 Å². The number of hydrogen-bond acceptors (Lipinski definition) is 5. The van der Waals surface area contributed by atoms with E-state index in [0.29, 0.717) is 12.8 Å². The standard InChI is InChI=1S/C13H20N2O5S/c1-3-10-5-6-13(12(7-10)15(16)17)20-8-11(4-2)9-21(14,18)19/h5-7,11H,3-4,8-9H2,1-2H3,(H2,14,18,19). The third kappa shape index (κ3) is 5.68. The number of rotatable bonds is 8. The van der Waals surface area contributed by atoms with E-state index < -0.39 is 14.9 Å². The SMILES string of the molecule is CCc1ccc(OCC(CC)CS(N)(=O)=O)c([N+](=O)[O-])c1. The van der Waals surface area contributed by atoms with E-state index in [0.717, 1.165) is 5.56 Å². The van der Waals surface area contributed by atoms with Crippen molar-refractivity contribution in [3.05, 3.63) is 33.9 Å². The molecule has 0 amide bonds. The molecule has 0 aliphatic rings. The maximum Gasteiger partial charge on any atom is 0.311 e. The quantitative estimate of drug-likeness (QED) is 0.581. The van der Waals surface area contributed by atoms with Gasteiger partial charge in [-0.3, -0.25) is 10.1 Å². The van der Waals surface area contributed by atoms with Crippen molar-refractivity contribution in [3.8, 4) is 5.75 Å². The lowest BCUT2D eigenvalue weighted by Gasteiger charge is -2.15. The topological polar surface area (TPSA) is 113 Å². The molecule has 8 heteroatoms. The largest absolute Gasteiger partial charge is 0.486 e. The predicted molar refractivity (Wildman–Crippen MR) is 79.7 cm³/mol. The van der Waals surface area contributed by atoms with Gasteiger partial charge in [-0.15, -0.1) is 0 Å². The molecule has 118 valence electrons. The predicted octanol–water partition coefficient (Wildman–Crippen LogP) is 1.85. The van der Waals surface area contributed by atoms with Crippen molar-refractivity contribution < 1.29 is 18.1 Å². The van der Waals surface area contributed by atoms with Crippen molar-refractivity contribution in [3.63, 3.8) is 0 Å². The van der Waals surface area contributed by atoms with Gasteiger partial charge in [-0.2, -0.15) is 0 Å². The number of nitro benzene ring substituents is 1. The van der Waals surface area contributed by atoms with Crippen molar-refractivity contribution in [2.24, 2.45) is 11.1 Å². The highest BCUT2D eigenvalue weighted by molar-refractivity contribution is 7.89. The Bertz CT molecular complexity index is 601. The van der Waals surface area contributed by atoms with Crippen LogP contribution in [0.2, 0.25) is 0 Å². The van der Waals surface area contributed by atoms with Crippen LogP contribution in [0.15, 0.2) is 18.2 Å². The van der Waals surface area contributed by atoms with Gasteiger partial charge < -0.3 is 4.74 Å². The number of hydrogen-bond donors (Lipinski definition) is 1. The summed E-state index contributed by atoms with van der Waals surface area (Å²) >= 11 is 0. The highest BCUT2D eigenvalue weighted by Crippen LogP contribution is 2.28. The Kier molecular flexibility index (Phi) is 6.10. The van der Waals surface area contributed by atoms with Crippen LogP contribution in [0.5, 0.6) is 5.75 Å². The fourth-order valence-electron chi connectivity index (χ4n) is 1.87. The van der Waals surface area contributed by atoms with Crippen LogP contribution in [-0.4, -0.2) is 25.7 Å². The zero-order valence-electron chi connectivity index (χ0n) is 12.1. The Morgan fingerprint density at radius 3 is 2.52 bits per heavy atom. The Morgan fingerprint density at radius 2 is 2.05 bits per heavy atom. The molecule has 0 aliphatic carbocycles. The Morgan fingerprint density at radius 1 is 1.38 bits per heavy atom. The maximum atomic E-state index is 11.1. The number of nitro groups is 1. The van der Waals surface area contributed by atoms with E-state index in [4.69, 9.17) is 9.88 Å². The van der Waals surface area contributed by atoms with Crippen LogP contribution in [0, 0.1) is 16.0 Å². The average molecular weight is 316 g/mol. The number of nitrogens with two attached hydrogens (primary N) is 1. The van der Waals surface area contributed by atoms with E-state index in [2.05, 4.69) is 0 Å². The minimum atomic E-state index is -3.59. The second kappa shape index (κ2) is 7.37. The molecule has 0 spiro atoms. The molecule has 0 aromatic heterocycles. The van der Waals surface area contributed by atoms with Crippen molar-refractivity contribution in [2.45, 2.75) is 26.7 Å². The third-order valence-corrected chi connectivity index (χ3v) is 4.08. The second-order valence-corrected chi connectivity index (χ2v) is 6.49. The molecule has 0 radical (unpaired) electrons. The zero-order chi connectivity index (χ0) is 16.0. The molecule has 2 N–H and O–H groups in total. The van der Waals surface area contributed by atoms with Gasteiger partial charge in [-0.25, -0.2) is 13.6 Å². The van der Waals surface area contributed by atoms with Crippen LogP contribution in [0.4, 0.5) is 5.69 Å². The van der Waals surface area contributed by atoms with Gasteiger partial charge in [0.05, 0.1) is 17.3 Å². The molecule has 0 fully saturated rings. The number of primary sulfonamides is 1. The normalized spacial score (nSPS) is 12.9. The summed E-state index contributed by atoms with van der Waals surface area (Å²) in [5.41, 5.74) is 0.727. The van der Waals surface area contributed by atoms with Crippen LogP contribution in [0.25, 0.3) is 0 Å². The molecule has 1 aromatic carbocycles. The smallest absolute Gasteiger partial charge is 0.311 e. The third-order valence-electron chi connectivity index (χ3n) is 3.15. The summed E-state index contributed by atoms with van der Waals surface area (Å²) in [6.45, 7) is 3.78. The lowest BCUT2D eigenvalue weighted by Crippen LogP contribution is -2.26. The summed E-state index contributed by atoms with van der Waals surface area (Å²) in [5.74, 6) is -0.361. The molecule has 0 aliphatic heterocycles. The minimum absolute atomic E-state index is 0.0687. The number of aryl methyl sites for hydroxylation is 1. The summed E-state index contributed by atoms with van der Waals surface area (Å²) < 4.78 is 27.6. The monoisotopic (exact) mass is 316 g/mol. The van der Waals surface area contributed by atoms with Gasteiger partial charge in [0.15, 0.2) is 5.75 Å². The molecular weight excluding hydrogens is 296 g/mol. The summed E-state index contributed by atoms with van der Waals surface area (Å²) in [4.78, 5) is 10.5. The molecule has 0 bridgehead atoms. The number of nitrogens with zero attached hydrogens (tertiary/aromatic N) is 1. The van der Waals surface area contributed by atoms with E-state index in [-0.39, 0.29) is 29.7 Å². The molecule has 21 heavy (non-hydrogen) atoms. The highest BCUT2D eigenvalue weighted by atomic mass is 32.2. The van der Waals surface area contributed by atoms with Crippen LogP contribution < -0.4 is 9.88 Å². The lowest BCUT2D eigenvalue weighted by atomic mass is 10.1. The van der Waals surface area contributed by atoms with E-state index >= 15 is 0 Å². The van der Waals surface area contributed by atoms with Crippen molar-refractivity contribution in [1.29, 1.82) is 0 Å². The fraction of sp³-hybridized carbons (Fsp3) is 0.538. The number of sulfonamides is 1. The first kappa shape index (κ1) is 17.4. The Balaban J connectivity index is 2.85.